The Balaban J connectivity index is 1.68. The zero-order chi connectivity index (χ0) is 12.3. The smallest absolute Gasteiger partial charge is 0.156 e. The minimum atomic E-state index is 0.638. The summed E-state index contributed by atoms with van der Waals surface area (Å²) in [5, 5.41) is 5.36. The van der Waals surface area contributed by atoms with Gasteiger partial charge in [-0.25, -0.2) is 0 Å². The molecule has 2 aliphatic heterocycles. The normalized spacial score (nSPS) is 27.5. The Bertz CT molecular complexity index is 272. The van der Waals surface area contributed by atoms with Gasteiger partial charge in [-0.2, -0.15) is 0 Å². The third-order valence-corrected chi connectivity index (χ3v) is 5.23. The quantitative estimate of drug-likeness (QED) is 0.834. The maximum Gasteiger partial charge on any atom is 0.156 e. The van der Waals surface area contributed by atoms with Crippen molar-refractivity contribution >= 4 is 16.9 Å². The van der Waals surface area contributed by atoms with Crippen molar-refractivity contribution in [2.75, 3.05) is 26.2 Å². The third-order valence-electron chi connectivity index (χ3n) is 3.73. The van der Waals surface area contributed by atoms with Crippen molar-refractivity contribution in [1.82, 2.24) is 10.2 Å². The van der Waals surface area contributed by atoms with Crippen molar-refractivity contribution in [3.05, 3.63) is 0 Å². The van der Waals surface area contributed by atoms with E-state index in [4.69, 9.17) is 0 Å². The van der Waals surface area contributed by atoms with Crippen molar-refractivity contribution in [2.45, 2.75) is 44.9 Å². The first-order chi connectivity index (χ1) is 8.16. The van der Waals surface area contributed by atoms with E-state index in [0.29, 0.717) is 11.3 Å². The molecule has 0 saturated carbocycles. The van der Waals surface area contributed by atoms with Gasteiger partial charge >= 0.3 is 0 Å². The fourth-order valence-electron chi connectivity index (χ4n) is 2.38. The number of nitrogens with one attached hydrogen (secondary N) is 1. The first-order valence-corrected chi connectivity index (χ1v) is 7.74. The molecule has 0 aliphatic carbocycles. The van der Waals surface area contributed by atoms with Gasteiger partial charge in [0.05, 0.1) is 6.54 Å². The van der Waals surface area contributed by atoms with E-state index >= 15 is 0 Å². The molecule has 0 radical (unpaired) electrons. The molecular weight excluding hydrogens is 230 g/mol. The molecular formula is C13H25N3S. The summed E-state index contributed by atoms with van der Waals surface area (Å²) in [6.07, 6.45) is 2.74. The average Bonchev–Trinajstić information content (AvgIpc) is 2.97. The van der Waals surface area contributed by atoms with Crippen molar-refractivity contribution < 1.29 is 0 Å². The summed E-state index contributed by atoms with van der Waals surface area (Å²) in [6.45, 7) is 11.5. The van der Waals surface area contributed by atoms with Crippen molar-refractivity contribution in [3.63, 3.8) is 0 Å². The summed E-state index contributed by atoms with van der Waals surface area (Å²) in [6, 6.07) is 0.638. The second-order valence-corrected chi connectivity index (χ2v) is 6.75. The van der Waals surface area contributed by atoms with E-state index in [0.717, 1.165) is 24.2 Å². The predicted molar refractivity (Wildman–Crippen MR) is 76.8 cm³/mol. The van der Waals surface area contributed by atoms with Gasteiger partial charge in [0, 0.05) is 17.8 Å². The first kappa shape index (κ1) is 13.2. The second-order valence-electron chi connectivity index (χ2n) is 5.52. The van der Waals surface area contributed by atoms with Crippen LogP contribution in [0.4, 0.5) is 0 Å². The van der Waals surface area contributed by atoms with E-state index < -0.39 is 0 Å². The molecule has 2 atom stereocenters. The van der Waals surface area contributed by atoms with Gasteiger partial charge in [0.15, 0.2) is 5.17 Å². The topological polar surface area (TPSA) is 27.6 Å². The lowest BCUT2D eigenvalue weighted by Crippen LogP contribution is -2.39. The highest BCUT2D eigenvalue weighted by Gasteiger charge is 2.23. The highest BCUT2D eigenvalue weighted by Crippen LogP contribution is 2.25. The number of amidine groups is 1. The first-order valence-electron chi connectivity index (χ1n) is 6.86. The van der Waals surface area contributed by atoms with Crippen LogP contribution in [0.25, 0.3) is 0 Å². The van der Waals surface area contributed by atoms with Crippen LogP contribution >= 0.6 is 11.8 Å². The van der Waals surface area contributed by atoms with Gasteiger partial charge in [0.1, 0.15) is 0 Å². The zero-order valence-corrected chi connectivity index (χ0v) is 12.1. The molecule has 2 aliphatic rings. The van der Waals surface area contributed by atoms with Crippen LogP contribution in [-0.2, 0) is 0 Å². The largest absolute Gasteiger partial charge is 0.363 e. The summed E-state index contributed by atoms with van der Waals surface area (Å²) in [7, 11) is 0. The van der Waals surface area contributed by atoms with E-state index in [1.807, 2.05) is 11.8 Å². The Morgan fingerprint density at radius 1 is 1.35 bits per heavy atom. The minimum Gasteiger partial charge on any atom is -0.363 e. The molecule has 1 saturated heterocycles. The molecule has 0 aromatic rings. The summed E-state index contributed by atoms with van der Waals surface area (Å²) >= 11 is 1.92. The van der Waals surface area contributed by atoms with Crippen molar-refractivity contribution in [2.24, 2.45) is 10.9 Å². The minimum absolute atomic E-state index is 0.638. The standard InChI is InChI=1S/C13H25N3S/c1-10(2)12-9-15-13(17-12)14-8-11(3)16-6-4-5-7-16/h10-12H,4-9H2,1-3H3,(H,14,15). The van der Waals surface area contributed by atoms with E-state index in [1.54, 1.807) is 0 Å². The van der Waals surface area contributed by atoms with Crippen LogP contribution in [0.15, 0.2) is 4.99 Å². The van der Waals surface area contributed by atoms with Crippen LogP contribution in [0, 0.1) is 5.92 Å². The lowest BCUT2D eigenvalue weighted by atomic mass is 10.1. The molecule has 98 valence electrons. The Hall–Kier alpha value is -0.220. The number of likely N-dealkylation sites (tertiary alicyclic amines) is 1. The van der Waals surface area contributed by atoms with Crippen molar-refractivity contribution in [3.8, 4) is 0 Å². The lowest BCUT2D eigenvalue weighted by Gasteiger charge is -2.24. The Morgan fingerprint density at radius 2 is 2.06 bits per heavy atom. The fraction of sp³-hybridized carbons (Fsp3) is 0.923. The summed E-state index contributed by atoms with van der Waals surface area (Å²) in [5.74, 6) is 0.721. The highest BCUT2D eigenvalue weighted by atomic mass is 32.2. The zero-order valence-electron chi connectivity index (χ0n) is 11.3. The molecule has 2 heterocycles. The van der Waals surface area contributed by atoms with Gasteiger partial charge in [-0.15, -0.1) is 0 Å². The lowest BCUT2D eigenvalue weighted by molar-refractivity contribution is 0.259. The fourth-order valence-corrected chi connectivity index (χ4v) is 3.41. The number of rotatable bonds is 4. The van der Waals surface area contributed by atoms with E-state index in [-0.39, 0.29) is 0 Å². The maximum absolute atomic E-state index is 4.59. The van der Waals surface area contributed by atoms with Gasteiger partial charge in [0.2, 0.25) is 0 Å². The molecule has 3 nitrogen and oxygen atoms in total. The molecule has 1 fully saturated rings. The van der Waals surface area contributed by atoms with Gasteiger partial charge in [-0.3, -0.25) is 9.89 Å². The molecule has 4 heteroatoms. The molecule has 2 rings (SSSR count). The molecule has 17 heavy (non-hydrogen) atoms. The molecule has 0 aromatic heterocycles. The SMILES string of the molecule is CC(C)C1CN=C(NCC(C)N2CCCC2)S1. The van der Waals surface area contributed by atoms with Crippen molar-refractivity contribution in [1.29, 1.82) is 0 Å². The molecule has 0 bridgehead atoms. The van der Waals surface area contributed by atoms with E-state index in [1.165, 1.54) is 25.9 Å². The summed E-state index contributed by atoms with van der Waals surface area (Å²) in [4.78, 5) is 7.16. The van der Waals surface area contributed by atoms with Crippen LogP contribution in [0.3, 0.4) is 0 Å². The van der Waals surface area contributed by atoms with E-state index in [9.17, 15) is 0 Å². The van der Waals surface area contributed by atoms with Crippen LogP contribution in [0.1, 0.15) is 33.6 Å². The number of aliphatic imine (C=N–C) groups is 1. The van der Waals surface area contributed by atoms with Crippen LogP contribution in [0.2, 0.25) is 0 Å². The summed E-state index contributed by atoms with van der Waals surface area (Å²) < 4.78 is 0. The molecule has 2 unspecified atom stereocenters. The molecule has 0 spiro atoms. The Labute approximate surface area is 109 Å². The number of nitrogens with zero attached hydrogens (tertiary/aromatic N) is 2. The van der Waals surface area contributed by atoms with Crippen LogP contribution < -0.4 is 5.32 Å². The maximum atomic E-state index is 4.59. The molecule has 0 amide bonds. The van der Waals surface area contributed by atoms with Gasteiger partial charge < -0.3 is 5.32 Å². The highest BCUT2D eigenvalue weighted by molar-refractivity contribution is 8.14. The third kappa shape index (κ3) is 3.62. The van der Waals surface area contributed by atoms with Gasteiger partial charge in [-0.1, -0.05) is 25.6 Å². The second kappa shape index (κ2) is 6.10. The number of hydrogen-bond donors (Lipinski definition) is 1. The Morgan fingerprint density at radius 3 is 2.65 bits per heavy atom. The van der Waals surface area contributed by atoms with Crippen LogP contribution in [-0.4, -0.2) is 47.5 Å². The van der Waals surface area contributed by atoms with Gasteiger partial charge in [0.25, 0.3) is 0 Å². The summed E-state index contributed by atoms with van der Waals surface area (Å²) in [5.41, 5.74) is 0. The number of thioether (sulfide) groups is 1. The van der Waals surface area contributed by atoms with Gasteiger partial charge in [-0.05, 0) is 38.8 Å². The number of hydrogen-bond acceptors (Lipinski definition) is 4. The molecule has 1 N–H and O–H groups in total. The predicted octanol–water partition coefficient (Wildman–Crippen LogP) is 2.19. The monoisotopic (exact) mass is 255 g/mol. The van der Waals surface area contributed by atoms with E-state index in [2.05, 4.69) is 36.0 Å². The Kier molecular flexibility index (Phi) is 4.74. The average molecular weight is 255 g/mol. The van der Waals surface area contributed by atoms with Crippen LogP contribution in [0.5, 0.6) is 0 Å². The molecule has 0 aromatic carbocycles.